The van der Waals surface area contributed by atoms with Gasteiger partial charge in [-0.1, -0.05) is 6.08 Å². The molecule has 0 aliphatic heterocycles. The lowest BCUT2D eigenvalue weighted by atomic mass is 10.2. The van der Waals surface area contributed by atoms with Gasteiger partial charge < -0.3 is 10.2 Å². The van der Waals surface area contributed by atoms with E-state index in [9.17, 15) is 0 Å². The SMILES string of the molecule is C=CCN(c1ncc(Br)cc1CNC)C1CC1. The molecule has 0 atom stereocenters. The van der Waals surface area contributed by atoms with Crippen LogP contribution in [-0.4, -0.2) is 24.6 Å². The van der Waals surface area contributed by atoms with Crippen LogP contribution in [0.4, 0.5) is 5.82 Å². The second-order valence-electron chi connectivity index (χ2n) is 4.34. The van der Waals surface area contributed by atoms with Crippen molar-refractivity contribution in [2.24, 2.45) is 0 Å². The topological polar surface area (TPSA) is 28.2 Å². The first-order chi connectivity index (χ1) is 8.26. The number of pyridine rings is 1. The summed E-state index contributed by atoms with van der Waals surface area (Å²) in [6, 6.07) is 2.79. The smallest absolute Gasteiger partial charge is 0.133 e. The first kappa shape index (κ1) is 12.6. The number of nitrogens with zero attached hydrogens (tertiary/aromatic N) is 2. The van der Waals surface area contributed by atoms with E-state index < -0.39 is 0 Å². The Kier molecular flexibility index (Phi) is 4.18. The van der Waals surface area contributed by atoms with Crippen LogP contribution in [0.3, 0.4) is 0 Å². The van der Waals surface area contributed by atoms with Gasteiger partial charge in [0.1, 0.15) is 5.82 Å². The van der Waals surface area contributed by atoms with Crippen molar-refractivity contribution in [3.05, 3.63) is 35.0 Å². The lowest BCUT2D eigenvalue weighted by Crippen LogP contribution is -2.28. The standard InChI is InChI=1S/C13H18BrN3/c1-3-6-17(12-4-5-12)13-10(8-15-2)7-11(14)9-16-13/h3,7,9,12,15H,1,4-6,8H2,2H3. The van der Waals surface area contributed by atoms with E-state index in [4.69, 9.17) is 0 Å². The highest BCUT2D eigenvalue weighted by atomic mass is 79.9. The molecule has 0 saturated heterocycles. The van der Waals surface area contributed by atoms with Gasteiger partial charge >= 0.3 is 0 Å². The van der Waals surface area contributed by atoms with Crippen molar-refractivity contribution >= 4 is 21.7 Å². The highest BCUT2D eigenvalue weighted by Gasteiger charge is 2.30. The van der Waals surface area contributed by atoms with E-state index in [2.05, 4.69) is 43.8 Å². The molecule has 0 aromatic carbocycles. The second kappa shape index (κ2) is 5.65. The summed E-state index contributed by atoms with van der Waals surface area (Å²) in [4.78, 5) is 6.92. The summed E-state index contributed by atoms with van der Waals surface area (Å²) in [5.41, 5.74) is 1.23. The molecule has 1 fully saturated rings. The fraction of sp³-hybridized carbons (Fsp3) is 0.462. The molecule has 0 bridgehead atoms. The van der Waals surface area contributed by atoms with Crippen molar-refractivity contribution in [1.29, 1.82) is 0 Å². The van der Waals surface area contributed by atoms with Crippen molar-refractivity contribution < 1.29 is 0 Å². The Bertz CT molecular complexity index is 402. The van der Waals surface area contributed by atoms with Crippen LogP contribution in [0.1, 0.15) is 18.4 Å². The predicted octanol–water partition coefficient (Wildman–Crippen LogP) is 2.72. The van der Waals surface area contributed by atoms with E-state index in [0.29, 0.717) is 6.04 Å². The summed E-state index contributed by atoms with van der Waals surface area (Å²) in [7, 11) is 1.96. The number of halogens is 1. The monoisotopic (exact) mass is 295 g/mol. The molecule has 1 saturated carbocycles. The van der Waals surface area contributed by atoms with Crippen molar-refractivity contribution in [2.75, 3.05) is 18.5 Å². The maximum absolute atomic E-state index is 4.57. The highest BCUT2D eigenvalue weighted by molar-refractivity contribution is 9.10. The number of aromatic nitrogens is 1. The third-order valence-electron chi connectivity index (χ3n) is 2.86. The summed E-state index contributed by atoms with van der Waals surface area (Å²) in [6.45, 7) is 5.54. The van der Waals surface area contributed by atoms with Gasteiger partial charge in [0.2, 0.25) is 0 Å². The van der Waals surface area contributed by atoms with Gasteiger partial charge in [0, 0.05) is 35.4 Å². The van der Waals surface area contributed by atoms with E-state index in [0.717, 1.165) is 23.4 Å². The Labute approximate surface area is 111 Å². The molecule has 1 aliphatic rings. The molecule has 1 heterocycles. The van der Waals surface area contributed by atoms with Gasteiger partial charge in [0.25, 0.3) is 0 Å². The first-order valence-electron chi connectivity index (χ1n) is 5.92. The number of anilines is 1. The maximum Gasteiger partial charge on any atom is 0.133 e. The van der Waals surface area contributed by atoms with Crippen molar-refractivity contribution in [1.82, 2.24) is 10.3 Å². The zero-order valence-corrected chi connectivity index (χ0v) is 11.7. The van der Waals surface area contributed by atoms with Crippen LogP contribution >= 0.6 is 15.9 Å². The minimum absolute atomic E-state index is 0.650. The minimum Gasteiger partial charge on any atom is -0.350 e. The predicted molar refractivity (Wildman–Crippen MR) is 75.3 cm³/mol. The Morgan fingerprint density at radius 3 is 3.00 bits per heavy atom. The average Bonchev–Trinajstić information content (AvgIpc) is 3.11. The molecular weight excluding hydrogens is 278 g/mol. The van der Waals surface area contributed by atoms with E-state index >= 15 is 0 Å². The van der Waals surface area contributed by atoms with Gasteiger partial charge in [-0.3, -0.25) is 0 Å². The quantitative estimate of drug-likeness (QED) is 0.818. The molecule has 1 N–H and O–H groups in total. The van der Waals surface area contributed by atoms with Crippen molar-refractivity contribution in [3.63, 3.8) is 0 Å². The van der Waals surface area contributed by atoms with Gasteiger partial charge in [0.15, 0.2) is 0 Å². The Morgan fingerprint density at radius 1 is 1.65 bits per heavy atom. The summed E-state index contributed by atoms with van der Waals surface area (Å²) >= 11 is 3.48. The lowest BCUT2D eigenvalue weighted by Gasteiger charge is -2.24. The van der Waals surface area contributed by atoms with Gasteiger partial charge in [-0.25, -0.2) is 4.98 Å². The molecule has 0 radical (unpaired) electrons. The normalized spacial score (nSPS) is 14.7. The molecule has 1 aliphatic carbocycles. The van der Waals surface area contributed by atoms with E-state index in [-0.39, 0.29) is 0 Å². The molecule has 0 unspecified atom stereocenters. The molecule has 92 valence electrons. The molecule has 1 aromatic rings. The van der Waals surface area contributed by atoms with Gasteiger partial charge in [-0.15, -0.1) is 6.58 Å². The lowest BCUT2D eigenvalue weighted by molar-refractivity contribution is 0.780. The summed E-state index contributed by atoms with van der Waals surface area (Å²) in [5, 5.41) is 3.19. The third kappa shape index (κ3) is 3.07. The summed E-state index contributed by atoms with van der Waals surface area (Å²) in [6.07, 6.45) is 6.35. The number of nitrogens with one attached hydrogen (secondary N) is 1. The number of rotatable bonds is 6. The average molecular weight is 296 g/mol. The van der Waals surface area contributed by atoms with E-state index in [1.165, 1.54) is 18.4 Å². The summed E-state index contributed by atoms with van der Waals surface area (Å²) < 4.78 is 1.03. The number of hydrogen-bond acceptors (Lipinski definition) is 3. The molecule has 0 amide bonds. The first-order valence-corrected chi connectivity index (χ1v) is 6.72. The van der Waals surface area contributed by atoms with E-state index in [1.54, 1.807) is 0 Å². The fourth-order valence-corrected chi connectivity index (χ4v) is 2.37. The minimum atomic E-state index is 0.650. The van der Waals surface area contributed by atoms with Crippen LogP contribution in [0, 0.1) is 0 Å². The van der Waals surface area contributed by atoms with Gasteiger partial charge in [-0.05, 0) is 41.9 Å². The largest absolute Gasteiger partial charge is 0.350 e. The Balaban J connectivity index is 2.30. The molecule has 0 spiro atoms. The third-order valence-corrected chi connectivity index (χ3v) is 3.30. The second-order valence-corrected chi connectivity index (χ2v) is 5.25. The molecule has 17 heavy (non-hydrogen) atoms. The number of hydrogen-bond donors (Lipinski definition) is 1. The molecular formula is C13H18BrN3. The van der Waals surface area contributed by atoms with Crippen molar-refractivity contribution in [2.45, 2.75) is 25.4 Å². The zero-order chi connectivity index (χ0) is 12.3. The Morgan fingerprint density at radius 2 is 2.41 bits per heavy atom. The van der Waals surface area contributed by atoms with Crippen molar-refractivity contribution in [3.8, 4) is 0 Å². The fourth-order valence-electron chi connectivity index (χ4n) is 1.99. The van der Waals surface area contributed by atoms with Gasteiger partial charge in [-0.2, -0.15) is 0 Å². The maximum atomic E-state index is 4.57. The summed E-state index contributed by atoms with van der Waals surface area (Å²) in [5.74, 6) is 1.09. The zero-order valence-electron chi connectivity index (χ0n) is 10.1. The molecule has 1 aromatic heterocycles. The highest BCUT2D eigenvalue weighted by Crippen LogP contribution is 2.33. The van der Waals surface area contributed by atoms with Crippen LogP contribution < -0.4 is 10.2 Å². The van der Waals surface area contributed by atoms with Crippen LogP contribution in [0.5, 0.6) is 0 Å². The van der Waals surface area contributed by atoms with Crippen LogP contribution in [0.2, 0.25) is 0 Å². The molecule has 3 nitrogen and oxygen atoms in total. The van der Waals surface area contributed by atoms with E-state index in [1.807, 2.05) is 19.3 Å². The van der Waals surface area contributed by atoms with Crippen LogP contribution in [-0.2, 0) is 6.54 Å². The molecule has 2 rings (SSSR count). The van der Waals surface area contributed by atoms with Gasteiger partial charge in [0.05, 0.1) is 0 Å². The van der Waals surface area contributed by atoms with Crippen LogP contribution in [0.25, 0.3) is 0 Å². The Hall–Kier alpha value is -0.870. The van der Waals surface area contributed by atoms with Crippen LogP contribution in [0.15, 0.2) is 29.4 Å². The molecule has 4 heteroatoms.